The Morgan fingerprint density at radius 2 is 1.55 bits per heavy atom. The molecule has 1 aliphatic heterocycles. The maximum absolute atomic E-state index is 12.6. The number of nitro groups is 1. The Labute approximate surface area is 169 Å². The Morgan fingerprint density at radius 3 is 2.14 bits per heavy atom. The second-order valence-electron chi connectivity index (χ2n) is 6.87. The van der Waals surface area contributed by atoms with Crippen molar-refractivity contribution in [3.63, 3.8) is 0 Å². The number of piperidine rings is 1. The summed E-state index contributed by atoms with van der Waals surface area (Å²) in [6.45, 7) is 1.09. The summed E-state index contributed by atoms with van der Waals surface area (Å²) in [7, 11) is -3.49. The molecule has 0 spiro atoms. The zero-order valence-corrected chi connectivity index (χ0v) is 16.6. The summed E-state index contributed by atoms with van der Waals surface area (Å²) in [5.74, 6) is -0.463. The molecular weight excluding hydrogens is 396 g/mol. The average molecular weight is 418 g/mol. The van der Waals surface area contributed by atoms with E-state index in [9.17, 15) is 23.3 Å². The van der Waals surface area contributed by atoms with Crippen LogP contribution in [0.15, 0.2) is 53.4 Å². The van der Waals surface area contributed by atoms with Crippen LogP contribution in [0.5, 0.6) is 0 Å². The van der Waals surface area contributed by atoms with Crippen molar-refractivity contribution in [3.8, 4) is 0 Å². The smallest absolute Gasteiger partial charge is 0.310 e. The summed E-state index contributed by atoms with van der Waals surface area (Å²) < 4.78 is 32.0. The molecular formula is C20H22N2O6S. The van der Waals surface area contributed by atoms with Crippen LogP contribution in [-0.4, -0.2) is 36.7 Å². The monoisotopic (exact) mass is 418 g/mol. The second-order valence-corrected chi connectivity index (χ2v) is 8.81. The SMILES string of the molecule is O=C(Cc1ccc(S(=O)(=O)N2CCCCC2)cc1)OCc1ccc([N+](=O)[O-])cc1. The molecule has 0 aromatic heterocycles. The van der Waals surface area contributed by atoms with Gasteiger partial charge in [0, 0.05) is 25.2 Å². The van der Waals surface area contributed by atoms with E-state index < -0.39 is 20.9 Å². The van der Waals surface area contributed by atoms with Gasteiger partial charge in [-0.25, -0.2) is 8.42 Å². The van der Waals surface area contributed by atoms with Crippen LogP contribution in [-0.2, 0) is 32.6 Å². The number of esters is 1. The highest BCUT2D eigenvalue weighted by atomic mass is 32.2. The first-order valence-corrected chi connectivity index (χ1v) is 10.8. The molecule has 1 fully saturated rings. The van der Waals surface area contributed by atoms with E-state index >= 15 is 0 Å². The van der Waals surface area contributed by atoms with Gasteiger partial charge in [0.1, 0.15) is 6.61 Å². The molecule has 0 aliphatic carbocycles. The zero-order valence-electron chi connectivity index (χ0n) is 15.8. The molecule has 0 unspecified atom stereocenters. The Hall–Kier alpha value is -2.78. The minimum absolute atomic E-state index is 0.0109. The van der Waals surface area contributed by atoms with Crippen LogP contribution < -0.4 is 0 Å². The van der Waals surface area contributed by atoms with E-state index in [4.69, 9.17) is 4.74 Å². The number of non-ortho nitro benzene ring substituents is 1. The third kappa shape index (κ3) is 5.39. The molecule has 154 valence electrons. The molecule has 29 heavy (non-hydrogen) atoms. The quantitative estimate of drug-likeness (QED) is 0.389. The maximum Gasteiger partial charge on any atom is 0.310 e. The Balaban J connectivity index is 1.55. The molecule has 8 nitrogen and oxygen atoms in total. The van der Waals surface area contributed by atoms with Crippen LogP contribution >= 0.6 is 0 Å². The topological polar surface area (TPSA) is 107 Å². The van der Waals surface area contributed by atoms with Crippen LogP contribution in [0.1, 0.15) is 30.4 Å². The van der Waals surface area contributed by atoms with Crippen LogP contribution in [0.25, 0.3) is 0 Å². The molecule has 1 saturated heterocycles. The molecule has 2 aromatic carbocycles. The Bertz CT molecular complexity index is 965. The van der Waals surface area contributed by atoms with Crippen LogP contribution in [0, 0.1) is 10.1 Å². The number of hydrogen-bond donors (Lipinski definition) is 0. The predicted octanol–water partition coefficient (Wildman–Crippen LogP) is 3.06. The van der Waals surface area contributed by atoms with Crippen molar-refractivity contribution in [2.45, 2.75) is 37.2 Å². The predicted molar refractivity (Wildman–Crippen MR) is 106 cm³/mol. The largest absolute Gasteiger partial charge is 0.461 e. The van der Waals surface area contributed by atoms with Gasteiger partial charge >= 0.3 is 5.97 Å². The summed E-state index contributed by atoms with van der Waals surface area (Å²) >= 11 is 0. The highest BCUT2D eigenvalue weighted by molar-refractivity contribution is 7.89. The van der Waals surface area contributed by atoms with Gasteiger partial charge in [0.15, 0.2) is 0 Å². The van der Waals surface area contributed by atoms with E-state index in [-0.39, 0.29) is 23.6 Å². The van der Waals surface area contributed by atoms with Crippen molar-refractivity contribution in [2.24, 2.45) is 0 Å². The molecule has 0 N–H and O–H groups in total. The minimum atomic E-state index is -3.49. The van der Waals surface area contributed by atoms with Gasteiger partial charge in [-0.2, -0.15) is 4.31 Å². The maximum atomic E-state index is 12.6. The normalized spacial score (nSPS) is 15.0. The minimum Gasteiger partial charge on any atom is -0.461 e. The second kappa shape index (κ2) is 9.15. The number of carbonyl (C=O) groups excluding carboxylic acids is 1. The van der Waals surface area contributed by atoms with E-state index in [1.165, 1.54) is 40.7 Å². The number of carbonyl (C=O) groups is 1. The van der Waals surface area contributed by atoms with Gasteiger partial charge in [0.2, 0.25) is 10.0 Å². The highest BCUT2D eigenvalue weighted by Crippen LogP contribution is 2.21. The average Bonchev–Trinajstić information content (AvgIpc) is 2.73. The number of sulfonamides is 1. The molecule has 2 aromatic rings. The lowest BCUT2D eigenvalue weighted by molar-refractivity contribution is -0.384. The van der Waals surface area contributed by atoms with E-state index in [0.29, 0.717) is 24.2 Å². The van der Waals surface area contributed by atoms with Gasteiger partial charge in [0.25, 0.3) is 5.69 Å². The summed E-state index contributed by atoms with van der Waals surface area (Å²) in [6.07, 6.45) is 2.81. The lowest BCUT2D eigenvalue weighted by Gasteiger charge is -2.25. The van der Waals surface area contributed by atoms with Crippen LogP contribution in [0.3, 0.4) is 0 Å². The number of hydrogen-bond acceptors (Lipinski definition) is 6. The van der Waals surface area contributed by atoms with Gasteiger partial charge < -0.3 is 4.74 Å². The number of rotatable bonds is 7. The van der Waals surface area contributed by atoms with E-state index in [1.54, 1.807) is 12.1 Å². The van der Waals surface area contributed by atoms with Crippen molar-refractivity contribution < 1.29 is 22.9 Å². The number of benzene rings is 2. The molecule has 0 saturated carbocycles. The van der Waals surface area contributed by atoms with Gasteiger partial charge in [0.05, 0.1) is 16.2 Å². The van der Waals surface area contributed by atoms with Crippen LogP contribution in [0.4, 0.5) is 5.69 Å². The fraction of sp³-hybridized carbons (Fsp3) is 0.350. The highest BCUT2D eigenvalue weighted by Gasteiger charge is 2.25. The molecule has 1 heterocycles. The van der Waals surface area contributed by atoms with Crippen molar-refractivity contribution in [2.75, 3.05) is 13.1 Å². The van der Waals surface area contributed by atoms with E-state index in [2.05, 4.69) is 0 Å². The van der Waals surface area contributed by atoms with E-state index in [0.717, 1.165) is 19.3 Å². The van der Waals surface area contributed by atoms with Gasteiger partial charge in [-0.05, 0) is 48.2 Å². The summed E-state index contributed by atoms with van der Waals surface area (Å²) in [6, 6.07) is 12.0. The van der Waals surface area contributed by atoms with Crippen molar-refractivity contribution in [1.82, 2.24) is 4.31 Å². The Kier molecular flexibility index (Phi) is 6.60. The third-order valence-electron chi connectivity index (χ3n) is 4.77. The Morgan fingerprint density at radius 1 is 0.966 bits per heavy atom. The fourth-order valence-corrected chi connectivity index (χ4v) is 4.65. The number of ether oxygens (including phenoxy) is 1. The van der Waals surface area contributed by atoms with Crippen molar-refractivity contribution >= 4 is 21.7 Å². The van der Waals surface area contributed by atoms with Gasteiger partial charge in [-0.1, -0.05) is 18.6 Å². The number of nitrogens with zero attached hydrogens (tertiary/aromatic N) is 2. The first-order valence-electron chi connectivity index (χ1n) is 9.34. The molecule has 3 rings (SSSR count). The fourth-order valence-electron chi connectivity index (χ4n) is 3.13. The lowest BCUT2D eigenvalue weighted by atomic mass is 10.1. The van der Waals surface area contributed by atoms with Gasteiger partial charge in [-0.3, -0.25) is 14.9 Å². The first-order chi connectivity index (χ1) is 13.9. The lowest BCUT2D eigenvalue weighted by Crippen LogP contribution is -2.35. The molecule has 0 amide bonds. The van der Waals surface area contributed by atoms with E-state index in [1.807, 2.05) is 0 Å². The number of nitro benzene ring substituents is 1. The molecule has 1 aliphatic rings. The standard InChI is InChI=1S/C20H22N2O6S/c23-20(28-15-17-4-8-18(9-5-17)22(24)25)14-16-6-10-19(11-7-16)29(26,27)21-12-2-1-3-13-21/h4-11H,1-3,12-15H2. The van der Waals surface area contributed by atoms with Crippen LogP contribution in [0.2, 0.25) is 0 Å². The molecule has 0 atom stereocenters. The third-order valence-corrected chi connectivity index (χ3v) is 6.68. The zero-order chi connectivity index (χ0) is 20.9. The van der Waals surface area contributed by atoms with Crippen molar-refractivity contribution in [1.29, 1.82) is 0 Å². The molecule has 0 radical (unpaired) electrons. The molecule has 9 heteroatoms. The van der Waals surface area contributed by atoms with Crippen molar-refractivity contribution in [3.05, 3.63) is 69.8 Å². The summed E-state index contributed by atoms with van der Waals surface area (Å²) in [5, 5.41) is 10.6. The summed E-state index contributed by atoms with van der Waals surface area (Å²) in [5.41, 5.74) is 1.27. The first kappa shape index (κ1) is 20.9. The summed E-state index contributed by atoms with van der Waals surface area (Å²) in [4.78, 5) is 22.4. The van der Waals surface area contributed by atoms with Gasteiger partial charge in [-0.15, -0.1) is 0 Å². The molecule has 0 bridgehead atoms.